The van der Waals surface area contributed by atoms with Crippen molar-refractivity contribution in [2.45, 2.75) is 6.92 Å². The number of pyridine rings is 1. The van der Waals surface area contributed by atoms with Crippen molar-refractivity contribution in [1.29, 1.82) is 0 Å². The third-order valence-electron chi connectivity index (χ3n) is 3.10. The van der Waals surface area contributed by atoms with E-state index in [0.717, 1.165) is 15.6 Å². The number of benzene rings is 1. The van der Waals surface area contributed by atoms with E-state index in [1.807, 2.05) is 43.3 Å². The third kappa shape index (κ3) is 2.10. The lowest BCUT2D eigenvalue weighted by Gasteiger charge is -2.01. The van der Waals surface area contributed by atoms with Gasteiger partial charge in [-0.2, -0.15) is 0 Å². The van der Waals surface area contributed by atoms with Crippen molar-refractivity contribution < 1.29 is 9.90 Å². The van der Waals surface area contributed by atoms with E-state index in [2.05, 4.69) is 20.9 Å². The van der Waals surface area contributed by atoms with Gasteiger partial charge in [0.1, 0.15) is 11.3 Å². The van der Waals surface area contributed by atoms with Crippen molar-refractivity contribution in [2.24, 2.45) is 0 Å². The summed E-state index contributed by atoms with van der Waals surface area (Å²) in [4.78, 5) is 16.0. The van der Waals surface area contributed by atoms with Gasteiger partial charge in [0.25, 0.3) is 0 Å². The van der Waals surface area contributed by atoms with Crippen LogP contribution in [0.1, 0.15) is 16.1 Å². The van der Waals surface area contributed by atoms with Crippen LogP contribution in [-0.2, 0) is 0 Å². The first-order valence-electron chi connectivity index (χ1n) is 6.04. The molecule has 2 heterocycles. The van der Waals surface area contributed by atoms with E-state index in [1.165, 1.54) is 0 Å². The summed E-state index contributed by atoms with van der Waals surface area (Å²) in [6.07, 6.45) is 1.74. The SMILES string of the molecule is Cc1ccn2c(C(=O)O)c(-c3ccc(Br)cc3)nc2c1. The highest BCUT2D eigenvalue weighted by molar-refractivity contribution is 9.10. The molecule has 3 rings (SSSR count). The molecule has 0 fully saturated rings. The molecule has 2 aromatic heterocycles. The number of carbonyl (C=O) groups is 1. The fourth-order valence-electron chi connectivity index (χ4n) is 2.16. The lowest BCUT2D eigenvalue weighted by molar-refractivity contribution is 0.0690. The number of hydrogen-bond acceptors (Lipinski definition) is 2. The van der Waals surface area contributed by atoms with Crippen LogP contribution in [0.4, 0.5) is 0 Å². The van der Waals surface area contributed by atoms with Crippen LogP contribution in [0.2, 0.25) is 0 Å². The van der Waals surface area contributed by atoms with Crippen LogP contribution in [0.25, 0.3) is 16.9 Å². The van der Waals surface area contributed by atoms with Crippen molar-refractivity contribution in [1.82, 2.24) is 9.38 Å². The van der Waals surface area contributed by atoms with E-state index in [9.17, 15) is 9.90 Å². The number of nitrogens with zero attached hydrogens (tertiary/aromatic N) is 2. The van der Waals surface area contributed by atoms with E-state index in [0.29, 0.717) is 11.3 Å². The minimum atomic E-state index is -0.987. The lowest BCUT2D eigenvalue weighted by Crippen LogP contribution is -2.03. The molecule has 1 N–H and O–H groups in total. The average Bonchev–Trinajstić information content (AvgIpc) is 2.77. The Morgan fingerprint density at radius 3 is 2.60 bits per heavy atom. The summed E-state index contributed by atoms with van der Waals surface area (Å²) >= 11 is 3.37. The van der Waals surface area contributed by atoms with Crippen molar-refractivity contribution in [3.05, 3.63) is 58.3 Å². The smallest absolute Gasteiger partial charge is 0.355 e. The van der Waals surface area contributed by atoms with Crippen LogP contribution in [0.3, 0.4) is 0 Å². The molecule has 0 aliphatic rings. The molecule has 0 saturated heterocycles. The molecule has 0 radical (unpaired) electrons. The summed E-state index contributed by atoms with van der Waals surface area (Å²) in [6, 6.07) is 11.2. The minimum Gasteiger partial charge on any atom is -0.476 e. The minimum absolute atomic E-state index is 0.183. The number of aromatic carboxylic acids is 1. The first-order chi connectivity index (χ1) is 9.56. The summed E-state index contributed by atoms with van der Waals surface area (Å²) in [5.41, 5.74) is 3.13. The Morgan fingerprint density at radius 2 is 1.95 bits per heavy atom. The van der Waals surface area contributed by atoms with E-state index in [-0.39, 0.29) is 5.69 Å². The van der Waals surface area contributed by atoms with Gasteiger partial charge in [-0.1, -0.05) is 28.1 Å². The Morgan fingerprint density at radius 1 is 1.25 bits per heavy atom. The summed E-state index contributed by atoms with van der Waals surface area (Å²) in [6.45, 7) is 1.95. The highest BCUT2D eigenvalue weighted by Gasteiger charge is 2.19. The van der Waals surface area contributed by atoms with E-state index in [1.54, 1.807) is 10.6 Å². The Hall–Kier alpha value is -2.14. The number of aromatic nitrogens is 2. The highest BCUT2D eigenvalue weighted by atomic mass is 79.9. The largest absolute Gasteiger partial charge is 0.476 e. The lowest BCUT2D eigenvalue weighted by atomic mass is 10.1. The van der Waals surface area contributed by atoms with Crippen LogP contribution >= 0.6 is 15.9 Å². The quantitative estimate of drug-likeness (QED) is 0.778. The van der Waals surface area contributed by atoms with E-state index >= 15 is 0 Å². The predicted octanol–water partition coefficient (Wildman–Crippen LogP) is 3.77. The van der Waals surface area contributed by atoms with Crippen LogP contribution in [0.15, 0.2) is 47.1 Å². The van der Waals surface area contributed by atoms with Crippen LogP contribution < -0.4 is 0 Å². The Balaban J connectivity index is 2.31. The van der Waals surface area contributed by atoms with Gasteiger partial charge in [-0.05, 0) is 36.8 Å². The van der Waals surface area contributed by atoms with Gasteiger partial charge in [-0.25, -0.2) is 9.78 Å². The second kappa shape index (κ2) is 4.76. The standard InChI is InChI=1S/C15H11BrN2O2/c1-9-6-7-18-12(8-9)17-13(14(18)15(19)20)10-2-4-11(16)5-3-10/h2-8H,1H3,(H,19,20). The monoisotopic (exact) mass is 330 g/mol. The van der Waals surface area contributed by atoms with Crippen LogP contribution in [0, 0.1) is 6.92 Å². The number of carboxylic acid groups (broad SMARTS) is 1. The predicted molar refractivity (Wildman–Crippen MR) is 80.0 cm³/mol. The molecule has 0 unspecified atom stereocenters. The molecular formula is C15H11BrN2O2. The summed E-state index contributed by atoms with van der Waals surface area (Å²) in [7, 11) is 0. The van der Waals surface area contributed by atoms with Crippen molar-refractivity contribution in [3.63, 3.8) is 0 Å². The zero-order valence-corrected chi connectivity index (χ0v) is 12.3. The molecule has 0 aliphatic heterocycles. The summed E-state index contributed by atoms with van der Waals surface area (Å²) in [5, 5.41) is 9.47. The van der Waals surface area contributed by atoms with Gasteiger partial charge in [0.2, 0.25) is 0 Å². The maximum Gasteiger partial charge on any atom is 0.355 e. The number of halogens is 1. The zero-order chi connectivity index (χ0) is 14.3. The van der Waals surface area contributed by atoms with Gasteiger partial charge in [0.05, 0.1) is 0 Å². The first kappa shape index (κ1) is 12.9. The molecule has 20 heavy (non-hydrogen) atoms. The van der Waals surface area contributed by atoms with Gasteiger partial charge < -0.3 is 5.11 Å². The topological polar surface area (TPSA) is 54.6 Å². The molecule has 0 atom stereocenters. The molecule has 0 amide bonds. The van der Waals surface area contributed by atoms with Crippen molar-refractivity contribution in [3.8, 4) is 11.3 Å². The number of rotatable bonds is 2. The van der Waals surface area contributed by atoms with E-state index in [4.69, 9.17) is 0 Å². The molecule has 0 bridgehead atoms. The van der Waals surface area contributed by atoms with Crippen molar-refractivity contribution in [2.75, 3.05) is 0 Å². The molecule has 100 valence electrons. The van der Waals surface area contributed by atoms with Gasteiger partial charge >= 0.3 is 5.97 Å². The van der Waals surface area contributed by atoms with Crippen LogP contribution in [-0.4, -0.2) is 20.5 Å². The fraction of sp³-hybridized carbons (Fsp3) is 0.0667. The average molecular weight is 331 g/mol. The number of fused-ring (bicyclic) bond motifs is 1. The van der Waals surface area contributed by atoms with Crippen molar-refractivity contribution >= 4 is 27.5 Å². The second-order valence-electron chi connectivity index (χ2n) is 4.55. The molecule has 0 saturated carbocycles. The van der Waals surface area contributed by atoms with Gasteiger partial charge in [-0.15, -0.1) is 0 Å². The number of imidazole rings is 1. The molecule has 3 aromatic rings. The first-order valence-corrected chi connectivity index (χ1v) is 6.83. The number of aryl methyl sites for hydroxylation is 1. The molecule has 0 spiro atoms. The summed E-state index contributed by atoms with van der Waals surface area (Å²) in [5.74, 6) is -0.987. The Kier molecular flexibility index (Phi) is 3.06. The molecule has 4 nitrogen and oxygen atoms in total. The molecule has 5 heteroatoms. The molecule has 1 aromatic carbocycles. The maximum atomic E-state index is 11.6. The van der Waals surface area contributed by atoms with E-state index < -0.39 is 5.97 Å². The van der Waals surface area contributed by atoms with Gasteiger partial charge in [0.15, 0.2) is 5.69 Å². The number of carboxylic acids is 1. The second-order valence-corrected chi connectivity index (χ2v) is 5.47. The molecular weight excluding hydrogens is 320 g/mol. The highest BCUT2D eigenvalue weighted by Crippen LogP contribution is 2.26. The van der Waals surface area contributed by atoms with Gasteiger partial charge in [-0.3, -0.25) is 4.40 Å². The number of hydrogen-bond donors (Lipinski definition) is 1. The zero-order valence-electron chi connectivity index (χ0n) is 10.7. The summed E-state index contributed by atoms with van der Waals surface area (Å²) < 4.78 is 2.55. The normalized spacial score (nSPS) is 10.9. The molecule has 0 aliphatic carbocycles. The Bertz CT molecular complexity index is 807. The Labute approximate surface area is 123 Å². The van der Waals surface area contributed by atoms with Gasteiger partial charge in [0, 0.05) is 16.2 Å². The fourth-order valence-corrected chi connectivity index (χ4v) is 2.42. The van der Waals surface area contributed by atoms with Crippen LogP contribution in [0.5, 0.6) is 0 Å². The third-order valence-corrected chi connectivity index (χ3v) is 3.63. The maximum absolute atomic E-state index is 11.6.